The van der Waals surface area contributed by atoms with Crippen LogP contribution in [0.4, 0.5) is 5.69 Å². The van der Waals surface area contributed by atoms with Crippen molar-refractivity contribution in [2.75, 3.05) is 5.32 Å². The molecule has 0 saturated heterocycles. The molecule has 3 rings (SSSR count). The summed E-state index contributed by atoms with van der Waals surface area (Å²) in [5, 5.41) is 2.90. The molecule has 108 valence electrons. The number of benzene rings is 2. The van der Waals surface area contributed by atoms with Crippen LogP contribution in [0.2, 0.25) is 0 Å². The molecule has 1 amide bonds. The zero-order chi connectivity index (χ0) is 15.1. The van der Waals surface area contributed by atoms with Crippen molar-refractivity contribution in [3.05, 3.63) is 64.6 Å². The standard InChI is InChI=1S/C16H12BrCl2NO/c17-12-7-4-8-13(9-12)20-14(21)15(10-16(15,18)19)11-5-2-1-3-6-11/h1-9H,10H2,(H,20,21)/t15-/m1/s1. The lowest BCUT2D eigenvalue weighted by Gasteiger charge is -2.18. The number of halogens is 3. The maximum absolute atomic E-state index is 12.7. The number of carbonyl (C=O) groups excluding carboxylic acids is 1. The summed E-state index contributed by atoms with van der Waals surface area (Å²) in [5.41, 5.74) is 0.655. The first kappa shape index (κ1) is 14.9. The van der Waals surface area contributed by atoms with Crippen molar-refractivity contribution in [1.82, 2.24) is 0 Å². The Morgan fingerprint density at radius 2 is 1.76 bits per heavy atom. The number of anilines is 1. The lowest BCUT2D eigenvalue weighted by atomic mass is 9.94. The van der Waals surface area contributed by atoms with E-state index in [1.807, 2.05) is 54.6 Å². The van der Waals surface area contributed by atoms with Crippen LogP contribution in [-0.4, -0.2) is 10.2 Å². The number of amides is 1. The second-order valence-corrected chi connectivity index (χ2v) is 7.52. The van der Waals surface area contributed by atoms with Gasteiger partial charge in [0.25, 0.3) is 0 Å². The number of nitrogens with one attached hydrogen (secondary N) is 1. The van der Waals surface area contributed by atoms with Gasteiger partial charge in [0.05, 0.1) is 0 Å². The minimum absolute atomic E-state index is 0.184. The molecule has 0 radical (unpaired) electrons. The molecule has 1 saturated carbocycles. The molecule has 0 spiro atoms. The molecule has 0 unspecified atom stereocenters. The number of hydrogen-bond donors (Lipinski definition) is 1. The Morgan fingerprint density at radius 3 is 2.33 bits per heavy atom. The maximum Gasteiger partial charge on any atom is 0.238 e. The Labute approximate surface area is 141 Å². The highest BCUT2D eigenvalue weighted by atomic mass is 79.9. The second-order valence-electron chi connectivity index (χ2n) is 5.12. The third-order valence-corrected chi connectivity index (χ3v) is 5.13. The van der Waals surface area contributed by atoms with E-state index >= 15 is 0 Å². The Morgan fingerprint density at radius 1 is 1.10 bits per heavy atom. The smallest absolute Gasteiger partial charge is 0.238 e. The van der Waals surface area contributed by atoms with Crippen molar-refractivity contribution in [3.8, 4) is 0 Å². The Hall–Kier alpha value is -1.03. The van der Waals surface area contributed by atoms with Gasteiger partial charge >= 0.3 is 0 Å². The predicted molar refractivity (Wildman–Crippen MR) is 89.9 cm³/mol. The maximum atomic E-state index is 12.7. The fourth-order valence-electron chi connectivity index (χ4n) is 2.51. The Kier molecular flexibility index (Phi) is 3.76. The summed E-state index contributed by atoms with van der Waals surface area (Å²) in [6.45, 7) is 0. The molecule has 0 aliphatic heterocycles. The highest BCUT2D eigenvalue weighted by Crippen LogP contribution is 2.65. The van der Waals surface area contributed by atoms with Crippen molar-refractivity contribution >= 4 is 50.7 Å². The van der Waals surface area contributed by atoms with E-state index in [0.29, 0.717) is 12.1 Å². The predicted octanol–water partition coefficient (Wildman–Crippen LogP) is 4.90. The summed E-state index contributed by atoms with van der Waals surface area (Å²) in [6, 6.07) is 16.8. The van der Waals surface area contributed by atoms with Crippen LogP contribution in [0, 0.1) is 0 Å². The van der Waals surface area contributed by atoms with Gasteiger partial charge in [0, 0.05) is 16.6 Å². The van der Waals surface area contributed by atoms with Crippen LogP contribution in [0.1, 0.15) is 12.0 Å². The third kappa shape index (κ3) is 2.59. The van der Waals surface area contributed by atoms with Crippen molar-refractivity contribution < 1.29 is 4.79 Å². The van der Waals surface area contributed by atoms with Crippen molar-refractivity contribution in [2.45, 2.75) is 16.2 Å². The van der Waals surface area contributed by atoms with Crippen LogP contribution in [0.25, 0.3) is 0 Å². The molecule has 1 aliphatic rings. The molecule has 2 nitrogen and oxygen atoms in total. The van der Waals surface area contributed by atoms with Gasteiger partial charge in [0.15, 0.2) is 0 Å². The number of alkyl halides is 2. The molecule has 1 atom stereocenters. The Balaban J connectivity index is 1.91. The SMILES string of the molecule is O=C(Nc1cccc(Br)c1)[C@]1(c2ccccc2)CC1(Cl)Cl. The minimum Gasteiger partial charge on any atom is -0.325 e. The van der Waals surface area contributed by atoms with Gasteiger partial charge in [-0.05, 0) is 23.8 Å². The van der Waals surface area contributed by atoms with E-state index in [2.05, 4.69) is 21.2 Å². The number of hydrogen-bond acceptors (Lipinski definition) is 1. The average molecular weight is 385 g/mol. The number of rotatable bonds is 3. The minimum atomic E-state index is -1.07. The molecular weight excluding hydrogens is 373 g/mol. The van der Waals surface area contributed by atoms with Gasteiger partial charge in [-0.1, -0.05) is 52.3 Å². The van der Waals surface area contributed by atoms with Crippen LogP contribution in [-0.2, 0) is 10.2 Å². The summed E-state index contributed by atoms with van der Waals surface area (Å²) >= 11 is 16.0. The first-order valence-corrected chi connectivity index (χ1v) is 8.01. The molecule has 1 aliphatic carbocycles. The van der Waals surface area contributed by atoms with Gasteiger partial charge < -0.3 is 5.32 Å². The zero-order valence-corrected chi connectivity index (χ0v) is 14.0. The van der Waals surface area contributed by atoms with Gasteiger partial charge in [0.2, 0.25) is 5.91 Å². The van der Waals surface area contributed by atoms with Gasteiger partial charge in [-0.15, -0.1) is 23.2 Å². The summed E-state index contributed by atoms with van der Waals surface area (Å²) < 4.78 is -0.169. The van der Waals surface area contributed by atoms with E-state index in [4.69, 9.17) is 23.2 Å². The van der Waals surface area contributed by atoms with Gasteiger partial charge in [0.1, 0.15) is 9.75 Å². The van der Waals surface area contributed by atoms with Crippen molar-refractivity contribution in [2.24, 2.45) is 0 Å². The third-order valence-electron chi connectivity index (χ3n) is 3.72. The normalized spacial score (nSPS) is 22.6. The quantitative estimate of drug-likeness (QED) is 0.749. The summed E-state index contributed by atoms with van der Waals surface area (Å²) in [6.07, 6.45) is 0.410. The molecule has 1 fully saturated rings. The molecular formula is C16H12BrCl2NO. The number of carbonyl (C=O) groups is 1. The average Bonchev–Trinajstić information content (AvgIpc) is 3.04. The summed E-state index contributed by atoms with van der Waals surface area (Å²) in [4.78, 5) is 12.7. The van der Waals surface area contributed by atoms with Crippen LogP contribution in [0.5, 0.6) is 0 Å². The molecule has 1 N–H and O–H groups in total. The largest absolute Gasteiger partial charge is 0.325 e. The van der Waals surface area contributed by atoms with E-state index in [1.54, 1.807) is 0 Å². The molecule has 2 aromatic rings. The Bertz CT molecular complexity index is 690. The van der Waals surface area contributed by atoms with Gasteiger partial charge in [-0.25, -0.2) is 0 Å². The van der Waals surface area contributed by atoms with Gasteiger partial charge in [-0.2, -0.15) is 0 Å². The van der Waals surface area contributed by atoms with E-state index in [9.17, 15) is 4.79 Å². The molecule has 2 aromatic carbocycles. The van der Waals surface area contributed by atoms with E-state index in [-0.39, 0.29) is 5.91 Å². The monoisotopic (exact) mass is 383 g/mol. The molecule has 21 heavy (non-hydrogen) atoms. The lowest BCUT2D eigenvalue weighted by Crippen LogP contribution is -2.32. The highest BCUT2D eigenvalue weighted by molar-refractivity contribution is 9.10. The summed E-state index contributed by atoms with van der Waals surface area (Å²) in [7, 11) is 0. The van der Waals surface area contributed by atoms with Gasteiger partial charge in [-0.3, -0.25) is 4.79 Å². The van der Waals surface area contributed by atoms with E-state index < -0.39 is 9.75 Å². The first-order chi connectivity index (χ1) is 9.96. The van der Waals surface area contributed by atoms with Crippen LogP contribution in [0.3, 0.4) is 0 Å². The lowest BCUT2D eigenvalue weighted by molar-refractivity contribution is -0.118. The zero-order valence-electron chi connectivity index (χ0n) is 10.9. The van der Waals surface area contributed by atoms with E-state index in [1.165, 1.54) is 0 Å². The first-order valence-electron chi connectivity index (χ1n) is 6.46. The van der Waals surface area contributed by atoms with Crippen molar-refractivity contribution in [1.29, 1.82) is 0 Å². The van der Waals surface area contributed by atoms with Crippen LogP contribution < -0.4 is 5.32 Å². The fraction of sp³-hybridized carbons (Fsp3) is 0.188. The highest BCUT2D eigenvalue weighted by Gasteiger charge is 2.72. The molecule has 0 bridgehead atoms. The molecule has 0 heterocycles. The molecule has 0 aromatic heterocycles. The van der Waals surface area contributed by atoms with Crippen LogP contribution >= 0.6 is 39.1 Å². The van der Waals surface area contributed by atoms with Crippen molar-refractivity contribution in [3.63, 3.8) is 0 Å². The van der Waals surface area contributed by atoms with Crippen LogP contribution in [0.15, 0.2) is 59.1 Å². The molecule has 5 heteroatoms. The fourth-order valence-corrected chi connectivity index (χ4v) is 3.70. The summed E-state index contributed by atoms with van der Waals surface area (Å²) in [5.74, 6) is -0.184. The topological polar surface area (TPSA) is 29.1 Å². The van der Waals surface area contributed by atoms with E-state index in [0.717, 1.165) is 10.0 Å². The second kappa shape index (κ2) is 5.31.